The fourth-order valence-electron chi connectivity index (χ4n) is 4.48. The molecule has 0 N–H and O–H groups in total. The number of piperidine rings is 1. The lowest BCUT2D eigenvalue weighted by Crippen LogP contribution is -2.44. The Labute approximate surface area is 199 Å². The van der Waals surface area contributed by atoms with Crippen LogP contribution >= 0.6 is 0 Å². The Morgan fingerprint density at radius 1 is 0.882 bits per heavy atom. The van der Waals surface area contributed by atoms with Crippen molar-refractivity contribution in [2.45, 2.75) is 25.9 Å². The molecule has 1 saturated heterocycles. The number of benzene rings is 2. The molecule has 3 heterocycles. The van der Waals surface area contributed by atoms with E-state index in [4.69, 9.17) is 0 Å². The van der Waals surface area contributed by atoms with Gasteiger partial charge in [0.05, 0.1) is 5.92 Å². The number of nitrogens with zero attached hydrogens (tertiary/aromatic N) is 6. The Balaban J connectivity index is 1.31. The Kier molecular flexibility index (Phi) is 6.61. The highest BCUT2D eigenvalue weighted by atomic mass is 16.2. The topological polar surface area (TPSA) is 67.2 Å². The smallest absolute Gasteiger partial charge is 0.228 e. The van der Waals surface area contributed by atoms with Crippen molar-refractivity contribution in [3.8, 4) is 5.82 Å². The quantitative estimate of drug-likeness (QED) is 0.422. The third-order valence-corrected chi connectivity index (χ3v) is 6.24. The van der Waals surface area contributed by atoms with Crippen LogP contribution in [0.4, 0.5) is 5.82 Å². The maximum Gasteiger partial charge on any atom is 0.228 e. The average Bonchev–Trinajstić information content (AvgIpc) is 3.45. The predicted octanol–water partition coefficient (Wildman–Crippen LogP) is 4.11. The maximum atomic E-state index is 13.7. The molecule has 0 radical (unpaired) electrons. The molecule has 172 valence electrons. The molecule has 0 aliphatic carbocycles. The summed E-state index contributed by atoms with van der Waals surface area (Å²) in [6.07, 6.45) is 7.09. The van der Waals surface area contributed by atoms with Gasteiger partial charge in [-0.05, 0) is 36.1 Å². The summed E-state index contributed by atoms with van der Waals surface area (Å²) in [5, 5.41) is 8.78. The minimum absolute atomic E-state index is 0.0729. The molecule has 1 fully saturated rings. The molecule has 1 aliphatic rings. The zero-order valence-corrected chi connectivity index (χ0v) is 19.1. The molecule has 0 saturated carbocycles. The second-order valence-electron chi connectivity index (χ2n) is 8.67. The summed E-state index contributed by atoms with van der Waals surface area (Å²) in [5.74, 6) is 1.65. The average molecular weight is 453 g/mol. The van der Waals surface area contributed by atoms with Crippen LogP contribution in [0.5, 0.6) is 0 Å². The fourth-order valence-corrected chi connectivity index (χ4v) is 4.48. The van der Waals surface area contributed by atoms with Crippen LogP contribution in [0.2, 0.25) is 0 Å². The molecule has 0 bridgehead atoms. The zero-order valence-electron chi connectivity index (χ0n) is 19.1. The van der Waals surface area contributed by atoms with Crippen LogP contribution in [0.3, 0.4) is 0 Å². The molecule has 7 nitrogen and oxygen atoms in total. The summed E-state index contributed by atoms with van der Waals surface area (Å²) < 4.78 is 1.82. The van der Waals surface area contributed by atoms with Gasteiger partial charge in [0, 0.05) is 38.6 Å². The van der Waals surface area contributed by atoms with Gasteiger partial charge in [-0.2, -0.15) is 0 Å². The number of hydrogen-bond donors (Lipinski definition) is 0. The highest BCUT2D eigenvalue weighted by Crippen LogP contribution is 2.25. The van der Waals surface area contributed by atoms with Crippen LogP contribution in [-0.2, 0) is 17.9 Å². The number of rotatable bonds is 7. The Morgan fingerprint density at radius 3 is 2.12 bits per heavy atom. The van der Waals surface area contributed by atoms with E-state index in [1.165, 1.54) is 0 Å². The monoisotopic (exact) mass is 452 g/mol. The van der Waals surface area contributed by atoms with Crippen LogP contribution in [0.1, 0.15) is 24.0 Å². The molecule has 1 amide bonds. The van der Waals surface area contributed by atoms with Crippen LogP contribution in [0.15, 0.2) is 91.5 Å². The van der Waals surface area contributed by atoms with E-state index in [0.29, 0.717) is 19.6 Å². The summed E-state index contributed by atoms with van der Waals surface area (Å²) >= 11 is 0. The zero-order chi connectivity index (χ0) is 23.2. The van der Waals surface area contributed by atoms with E-state index in [2.05, 4.69) is 44.3 Å². The van der Waals surface area contributed by atoms with Crippen molar-refractivity contribution >= 4 is 11.7 Å². The SMILES string of the molecule is O=C(C1CCCN(c2ccc(-n3ccnc3)nn2)C1)N(Cc1ccccc1)Cc1ccccc1. The van der Waals surface area contributed by atoms with Crippen molar-refractivity contribution in [2.75, 3.05) is 18.0 Å². The molecule has 1 atom stereocenters. The standard InChI is InChI=1S/C27H28N6O/c34-27(33(18-22-8-3-1-4-9-22)19-23-10-5-2-6-11-23)24-12-7-16-31(20-24)25-13-14-26(30-29-25)32-17-15-28-21-32/h1-6,8-11,13-15,17,21,24H,7,12,16,18-20H2. The van der Waals surface area contributed by atoms with Gasteiger partial charge in [-0.25, -0.2) is 4.98 Å². The summed E-state index contributed by atoms with van der Waals surface area (Å²) in [6, 6.07) is 24.3. The molecule has 1 unspecified atom stereocenters. The molecule has 1 aliphatic heterocycles. The number of carbonyl (C=O) groups excluding carboxylic acids is 1. The Hall–Kier alpha value is -4.00. The molecule has 34 heavy (non-hydrogen) atoms. The normalized spacial score (nSPS) is 15.8. The lowest BCUT2D eigenvalue weighted by Gasteiger charge is -2.35. The van der Waals surface area contributed by atoms with Gasteiger partial charge in [-0.3, -0.25) is 9.36 Å². The summed E-state index contributed by atoms with van der Waals surface area (Å²) in [6.45, 7) is 2.73. The minimum Gasteiger partial charge on any atom is -0.354 e. The van der Waals surface area contributed by atoms with Crippen molar-refractivity contribution < 1.29 is 4.79 Å². The van der Waals surface area contributed by atoms with Gasteiger partial charge in [-0.1, -0.05) is 60.7 Å². The first kappa shape index (κ1) is 21.8. The Morgan fingerprint density at radius 2 is 1.53 bits per heavy atom. The molecular weight excluding hydrogens is 424 g/mol. The van der Waals surface area contributed by atoms with E-state index in [1.807, 2.05) is 64.2 Å². The van der Waals surface area contributed by atoms with Gasteiger partial charge in [0.25, 0.3) is 0 Å². The van der Waals surface area contributed by atoms with E-state index >= 15 is 0 Å². The first-order valence-electron chi connectivity index (χ1n) is 11.7. The van der Waals surface area contributed by atoms with E-state index in [9.17, 15) is 4.79 Å². The summed E-state index contributed by atoms with van der Waals surface area (Å²) in [4.78, 5) is 22.0. The fraction of sp³-hybridized carbons (Fsp3) is 0.259. The van der Waals surface area contributed by atoms with E-state index in [1.54, 1.807) is 12.5 Å². The Bertz CT molecular complexity index is 1140. The lowest BCUT2D eigenvalue weighted by atomic mass is 9.96. The third-order valence-electron chi connectivity index (χ3n) is 6.24. The second kappa shape index (κ2) is 10.3. The largest absolute Gasteiger partial charge is 0.354 e. The van der Waals surface area contributed by atoms with Gasteiger partial charge in [0.2, 0.25) is 5.91 Å². The highest BCUT2D eigenvalue weighted by Gasteiger charge is 2.30. The highest BCUT2D eigenvalue weighted by molar-refractivity contribution is 5.79. The van der Waals surface area contributed by atoms with Gasteiger partial charge >= 0.3 is 0 Å². The van der Waals surface area contributed by atoms with Crippen LogP contribution < -0.4 is 4.90 Å². The molecule has 0 spiro atoms. The van der Waals surface area contributed by atoms with Crippen molar-refractivity contribution in [3.63, 3.8) is 0 Å². The third kappa shape index (κ3) is 5.14. The van der Waals surface area contributed by atoms with Crippen LogP contribution in [0.25, 0.3) is 5.82 Å². The summed E-state index contributed by atoms with van der Waals surface area (Å²) in [7, 11) is 0. The molecule has 5 rings (SSSR count). The van der Waals surface area contributed by atoms with Crippen molar-refractivity contribution in [1.82, 2.24) is 24.6 Å². The molecule has 2 aromatic carbocycles. The first-order chi connectivity index (χ1) is 16.8. The van der Waals surface area contributed by atoms with Crippen molar-refractivity contribution in [3.05, 3.63) is 103 Å². The lowest BCUT2D eigenvalue weighted by molar-refractivity contribution is -0.137. The number of aromatic nitrogens is 4. The van der Waals surface area contributed by atoms with E-state index < -0.39 is 0 Å². The number of anilines is 1. The van der Waals surface area contributed by atoms with Crippen LogP contribution in [-0.4, -0.2) is 43.6 Å². The van der Waals surface area contributed by atoms with Gasteiger partial charge in [0.1, 0.15) is 6.33 Å². The number of hydrogen-bond acceptors (Lipinski definition) is 5. The van der Waals surface area contributed by atoms with Gasteiger partial charge < -0.3 is 9.80 Å². The molecule has 2 aromatic heterocycles. The molecule has 7 heteroatoms. The maximum absolute atomic E-state index is 13.7. The first-order valence-corrected chi connectivity index (χ1v) is 11.7. The van der Waals surface area contributed by atoms with E-state index in [0.717, 1.165) is 42.1 Å². The van der Waals surface area contributed by atoms with Gasteiger partial charge in [0.15, 0.2) is 11.6 Å². The van der Waals surface area contributed by atoms with Crippen molar-refractivity contribution in [1.29, 1.82) is 0 Å². The number of amides is 1. The number of carbonyl (C=O) groups is 1. The van der Waals surface area contributed by atoms with Crippen LogP contribution in [0, 0.1) is 5.92 Å². The summed E-state index contributed by atoms with van der Waals surface area (Å²) in [5.41, 5.74) is 2.28. The number of imidazole rings is 1. The van der Waals surface area contributed by atoms with Crippen molar-refractivity contribution in [2.24, 2.45) is 5.92 Å². The molecular formula is C27H28N6O. The predicted molar refractivity (Wildman–Crippen MR) is 131 cm³/mol. The molecule has 4 aromatic rings. The second-order valence-corrected chi connectivity index (χ2v) is 8.67. The van der Waals surface area contributed by atoms with E-state index in [-0.39, 0.29) is 11.8 Å². The van der Waals surface area contributed by atoms with Gasteiger partial charge in [-0.15, -0.1) is 10.2 Å². The minimum atomic E-state index is -0.0729.